The van der Waals surface area contributed by atoms with Crippen molar-refractivity contribution in [3.05, 3.63) is 29.8 Å². The number of rotatable bonds is 18. The van der Waals surface area contributed by atoms with Gasteiger partial charge in [0.2, 0.25) is 5.91 Å². The summed E-state index contributed by atoms with van der Waals surface area (Å²) < 4.78 is 22.9. The zero-order valence-corrected chi connectivity index (χ0v) is 21.1. The quantitative estimate of drug-likeness (QED) is 0.299. The first-order valence-corrected chi connectivity index (χ1v) is 13.0. The fourth-order valence-electron chi connectivity index (χ4n) is 4.42. The van der Waals surface area contributed by atoms with Crippen LogP contribution in [0.3, 0.4) is 0 Å². The molecule has 0 saturated carbocycles. The maximum Gasteiger partial charge on any atom is 0.220 e. The highest BCUT2D eigenvalue weighted by atomic mass is 19.1. The van der Waals surface area contributed by atoms with Crippen LogP contribution in [0.15, 0.2) is 24.3 Å². The van der Waals surface area contributed by atoms with Crippen molar-refractivity contribution in [2.45, 2.75) is 76.9 Å². The standard InChI is InChI=1S/C27H45FN2O4/c1-22-15-17-30(20-22)21-25(29-26(31)10-6-4-3-5-8-18-33-2)27(32)23-11-13-24(14-12-23)34-19-9-7-16-28/h11-14,22,25,27,32H,3-10,15-21H2,1-2H3,(H,29,31)/t22-,25-,27-/m1/s1. The number of halogens is 1. The summed E-state index contributed by atoms with van der Waals surface area (Å²) in [4.78, 5) is 15.0. The highest BCUT2D eigenvalue weighted by molar-refractivity contribution is 5.76. The van der Waals surface area contributed by atoms with Crippen LogP contribution in [0.4, 0.5) is 4.39 Å². The predicted molar refractivity (Wildman–Crippen MR) is 134 cm³/mol. The number of carbonyl (C=O) groups excluding carboxylic acids is 1. The largest absolute Gasteiger partial charge is 0.494 e. The van der Waals surface area contributed by atoms with Crippen LogP contribution in [0.25, 0.3) is 0 Å². The van der Waals surface area contributed by atoms with Gasteiger partial charge in [-0.15, -0.1) is 0 Å². The van der Waals surface area contributed by atoms with Crippen LogP contribution < -0.4 is 10.1 Å². The minimum atomic E-state index is -0.797. The molecule has 0 unspecified atom stereocenters. The molecular formula is C27H45FN2O4. The van der Waals surface area contributed by atoms with Crippen LogP contribution in [-0.2, 0) is 9.53 Å². The molecule has 3 atom stereocenters. The summed E-state index contributed by atoms with van der Waals surface area (Å²) in [5.41, 5.74) is 0.756. The van der Waals surface area contributed by atoms with Crippen molar-refractivity contribution in [2.24, 2.45) is 5.92 Å². The Morgan fingerprint density at radius 2 is 1.82 bits per heavy atom. The fourth-order valence-corrected chi connectivity index (χ4v) is 4.42. The van der Waals surface area contributed by atoms with Crippen molar-refractivity contribution in [1.29, 1.82) is 0 Å². The van der Waals surface area contributed by atoms with E-state index in [4.69, 9.17) is 9.47 Å². The number of benzene rings is 1. The van der Waals surface area contributed by atoms with E-state index in [9.17, 15) is 14.3 Å². The predicted octanol–water partition coefficient (Wildman–Crippen LogP) is 4.66. The number of methoxy groups -OCH3 is 1. The summed E-state index contributed by atoms with van der Waals surface area (Å²) in [6, 6.07) is 6.99. The summed E-state index contributed by atoms with van der Waals surface area (Å²) in [7, 11) is 1.72. The fraction of sp³-hybridized carbons (Fsp3) is 0.741. The second-order valence-electron chi connectivity index (χ2n) is 9.60. The lowest BCUT2D eigenvalue weighted by Crippen LogP contribution is -2.46. The monoisotopic (exact) mass is 480 g/mol. The van der Waals surface area contributed by atoms with Crippen molar-refractivity contribution < 1.29 is 23.8 Å². The zero-order valence-electron chi connectivity index (χ0n) is 21.1. The highest BCUT2D eigenvalue weighted by Crippen LogP contribution is 2.24. The van der Waals surface area contributed by atoms with Crippen LogP contribution in [0.1, 0.15) is 76.4 Å². The highest BCUT2D eigenvalue weighted by Gasteiger charge is 2.28. The Morgan fingerprint density at radius 3 is 2.50 bits per heavy atom. The molecule has 1 aromatic carbocycles. The lowest BCUT2D eigenvalue weighted by Gasteiger charge is -2.29. The van der Waals surface area contributed by atoms with E-state index in [2.05, 4.69) is 17.1 Å². The van der Waals surface area contributed by atoms with Gasteiger partial charge in [-0.25, -0.2) is 0 Å². The van der Waals surface area contributed by atoms with Gasteiger partial charge in [-0.2, -0.15) is 0 Å². The van der Waals surface area contributed by atoms with Gasteiger partial charge >= 0.3 is 0 Å². The van der Waals surface area contributed by atoms with Crippen LogP contribution in [-0.4, -0.2) is 68.6 Å². The number of hydrogen-bond donors (Lipinski definition) is 2. The van der Waals surface area contributed by atoms with Gasteiger partial charge in [-0.05, 0) is 62.3 Å². The van der Waals surface area contributed by atoms with Crippen molar-refractivity contribution in [3.8, 4) is 5.75 Å². The Hall–Kier alpha value is -1.70. The minimum absolute atomic E-state index is 0.000929. The molecule has 0 radical (unpaired) electrons. The van der Waals surface area contributed by atoms with E-state index in [0.29, 0.717) is 44.1 Å². The number of nitrogens with zero attached hydrogens (tertiary/aromatic N) is 1. The molecule has 194 valence electrons. The molecule has 6 nitrogen and oxygen atoms in total. The summed E-state index contributed by atoms with van der Waals surface area (Å²) in [6.07, 6.45) is 7.19. The molecular weight excluding hydrogens is 435 g/mol. The number of hydrogen-bond acceptors (Lipinski definition) is 5. The third kappa shape index (κ3) is 11.2. The molecule has 1 aromatic rings. The van der Waals surface area contributed by atoms with Gasteiger partial charge in [0.25, 0.3) is 0 Å². The lowest BCUT2D eigenvalue weighted by molar-refractivity contribution is -0.123. The van der Waals surface area contributed by atoms with Gasteiger partial charge in [0.1, 0.15) is 11.9 Å². The van der Waals surface area contributed by atoms with Crippen molar-refractivity contribution in [3.63, 3.8) is 0 Å². The Bertz CT molecular complexity index is 673. The molecule has 2 rings (SSSR count). The zero-order chi connectivity index (χ0) is 24.6. The summed E-state index contributed by atoms with van der Waals surface area (Å²) in [5, 5.41) is 14.3. The number of amides is 1. The molecule has 2 N–H and O–H groups in total. The smallest absolute Gasteiger partial charge is 0.220 e. The molecule has 1 aliphatic rings. The third-order valence-electron chi connectivity index (χ3n) is 6.46. The van der Waals surface area contributed by atoms with Crippen molar-refractivity contribution in [2.75, 3.05) is 46.6 Å². The van der Waals surface area contributed by atoms with E-state index in [-0.39, 0.29) is 18.6 Å². The van der Waals surface area contributed by atoms with Gasteiger partial charge < -0.3 is 24.8 Å². The van der Waals surface area contributed by atoms with Gasteiger partial charge in [-0.1, -0.05) is 38.3 Å². The molecule has 0 aliphatic carbocycles. The van der Waals surface area contributed by atoms with Crippen molar-refractivity contribution >= 4 is 5.91 Å². The average Bonchev–Trinajstić information content (AvgIpc) is 3.25. The number of aliphatic hydroxyl groups excluding tert-OH is 1. The molecule has 1 heterocycles. The first kappa shape index (κ1) is 28.5. The van der Waals surface area contributed by atoms with Gasteiger partial charge in [0, 0.05) is 33.2 Å². The van der Waals surface area contributed by atoms with Gasteiger partial charge in [0.15, 0.2) is 0 Å². The van der Waals surface area contributed by atoms with Gasteiger partial charge in [-0.3, -0.25) is 9.18 Å². The minimum Gasteiger partial charge on any atom is -0.494 e. The Morgan fingerprint density at radius 1 is 1.12 bits per heavy atom. The molecule has 0 bridgehead atoms. The van der Waals surface area contributed by atoms with E-state index in [1.54, 1.807) is 7.11 Å². The maximum atomic E-state index is 12.7. The second kappa shape index (κ2) is 16.8. The Balaban J connectivity index is 1.88. The lowest BCUT2D eigenvalue weighted by atomic mass is 10.0. The molecule has 1 saturated heterocycles. The van der Waals surface area contributed by atoms with E-state index < -0.39 is 6.10 Å². The van der Waals surface area contributed by atoms with Crippen molar-refractivity contribution in [1.82, 2.24) is 10.2 Å². The summed E-state index contributed by atoms with van der Waals surface area (Å²) >= 11 is 0. The average molecular weight is 481 g/mol. The van der Waals surface area contributed by atoms with Gasteiger partial charge in [0.05, 0.1) is 19.3 Å². The SMILES string of the molecule is COCCCCCCCC(=O)N[C@H](CN1CC[C@@H](C)C1)[C@H](O)c1ccc(OCCCCF)cc1. The third-order valence-corrected chi connectivity index (χ3v) is 6.46. The number of unbranched alkanes of at least 4 members (excludes halogenated alkanes) is 5. The van der Waals surface area contributed by atoms with Crippen LogP contribution >= 0.6 is 0 Å². The number of nitrogens with one attached hydrogen (secondary N) is 1. The second-order valence-corrected chi connectivity index (χ2v) is 9.60. The van der Waals surface area contributed by atoms with Crippen LogP contribution in [0.2, 0.25) is 0 Å². The van der Waals surface area contributed by atoms with E-state index in [1.165, 1.54) is 0 Å². The topological polar surface area (TPSA) is 71.0 Å². The number of aliphatic hydroxyl groups is 1. The molecule has 0 spiro atoms. The molecule has 7 heteroatoms. The molecule has 1 fully saturated rings. The Kier molecular flexibility index (Phi) is 14.1. The first-order chi connectivity index (χ1) is 16.5. The number of likely N-dealkylation sites (tertiary alicyclic amines) is 1. The molecule has 1 amide bonds. The van der Waals surface area contributed by atoms with Crippen LogP contribution in [0, 0.1) is 5.92 Å². The normalized spacial score (nSPS) is 18.1. The van der Waals surface area contributed by atoms with E-state index >= 15 is 0 Å². The Labute approximate surface area is 205 Å². The summed E-state index contributed by atoms with van der Waals surface area (Å²) in [5.74, 6) is 1.34. The van der Waals surface area contributed by atoms with Crippen LogP contribution in [0.5, 0.6) is 5.75 Å². The number of carbonyl (C=O) groups is 1. The molecule has 0 aromatic heterocycles. The molecule has 34 heavy (non-hydrogen) atoms. The number of ether oxygens (including phenoxy) is 2. The molecule has 1 aliphatic heterocycles. The van der Waals surface area contributed by atoms with E-state index in [0.717, 1.165) is 63.8 Å². The first-order valence-electron chi connectivity index (χ1n) is 13.0. The number of alkyl halides is 1. The maximum absolute atomic E-state index is 12.7. The summed E-state index contributed by atoms with van der Waals surface area (Å²) in [6.45, 7) is 5.80. The van der Waals surface area contributed by atoms with E-state index in [1.807, 2.05) is 24.3 Å².